The minimum Gasteiger partial charge on any atom is -0.384 e. The molecule has 21 heavy (non-hydrogen) atoms. The molecule has 2 aromatic carbocycles. The second kappa shape index (κ2) is 7.08. The molecule has 0 saturated heterocycles. The molecular formula is C16H13FN2O2. The van der Waals surface area contributed by atoms with Gasteiger partial charge in [-0.15, -0.1) is 0 Å². The number of nitrogens with one attached hydrogen (secondary N) is 2. The normalized spacial score (nSPS) is 9.43. The van der Waals surface area contributed by atoms with E-state index in [1.807, 2.05) is 0 Å². The molecule has 0 atom stereocenters. The molecule has 0 aliphatic carbocycles. The van der Waals surface area contributed by atoms with Gasteiger partial charge in [0.1, 0.15) is 12.4 Å². The smallest absolute Gasteiger partial charge is 0.323 e. The average Bonchev–Trinajstić information content (AvgIpc) is 2.45. The summed E-state index contributed by atoms with van der Waals surface area (Å²) < 4.78 is 13.0. The first-order valence-corrected chi connectivity index (χ1v) is 6.21. The molecule has 0 saturated carbocycles. The Balaban J connectivity index is 2.02. The molecule has 0 heterocycles. The van der Waals surface area contributed by atoms with Crippen molar-refractivity contribution in [2.45, 2.75) is 0 Å². The number of anilines is 2. The molecule has 3 N–H and O–H groups in total. The van der Waals surface area contributed by atoms with Gasteiger partial charge in [-0.3, -0.25) is 0 Å². The first-order valence-electron chi connectivity index (χ1n) is 6.21. The van der Waals surface area contributed by atoms with Gasteiger partial charge in [-0.1, -0.05) is 24.0 Å². The van der Waals surface area contributed by atoms with Gasteiger partial charge < -0.3 is 15.7 Å². The van der Waals surface area contributed by atoms with E-state index in [0.29, 0.717) is 16.9 Å². The summed E-state index contributed by atoms with van der Waals surface area (Å²) in [7, 11) is 0. The third-order valence-electron chi connectivity index (χ3n) is 2.51. The SMILES string of the molecule is O=C(Nc1cccc(F)c1)Nc1cccc(C#CCO)c1. The molecule has 5 heteroatoms. The number of carbonyl (C=O) groups is 1. The van der Waals surface area contributed by atoms with Gasteiger partial charge in [0.2, 0.25) is 0 Å². The van der Waals surface area contributed by atoms with E-state index in [4.69, 9.17) is 5.11 Å². The first kappa shape index (κ1) is 14.6. The van der Waals surface area contributed by atoms with Crippen molar-refractivity contribution in [1.82, 2.24) is 0 Å². The Hall–Kier alpha value is -2.84. The molecule has 106 valence electrons. The highest BCUT2D eigenvalue weighted by atomic mass is 19.1. The van der Waals surface area contributed by atoms with Crippen LogP contribution in [0.4, 0.5) is 20.6 Å². The van der Waals surface area contributed by atoms with Crippen molar-refractivity contribution in [2.24, 2.45) is 0 Å². The van der Waals surface area contributed by atoms with E-state index in [0.717, 1.165) is 0 Å². The number of carbonyl (C=O) groups excluding carboxylic acids is 1. The molecule has 2 aromatic rings. The van der Waals surface area contributed by atoms with Crippen LogP contribution in [0.1, 0.15) is 5.56 Å². The second-order valence-electron chi connectivity index (χ2n) is 4.13. The van der Waals surface area contributed by atoms with Crippen molar-refractivity contribution in [3.8, 4) is 11.8 Å². The number of urea groups is 1. The highest BCUT2D eigenvalue weighted by Crippen LogP contribution is 2.12. The van der Waals surface area contributed by atoms with E-state index in [1.165, 1.54) is 18.2 Å². The Bertz CT molecular complexity index is 705. The van der Waals surface area contributed by atoms with Gasteiger partial charge >= 0.3 is 6.03 Å². The minimum absolute atomic E-state index is 0.224. The molecule has 0 fully saturated rings. The van der Waals surface area contributed by atoms with Crippen LogP contribution in [-0.4, -0.2) is 17.7 Å². The maximum atomic E-state index is 13.0. The minimum atomic E-state index is -0.479. The van der Waals surface area contributed by atoms with E-state index in [2.05, 4.69) is 22.5 Å². The molecule has 0 aromatic heterocycles. The van der Waals surface area contributed by atoms with Crippen LogP contribution in [0.2, 0.25) is 0 Å². The van der Waals surface area contributed by atoms with Crippen LogP contribution in [0.3, 0.4) is 0 Å². The summed E-state index contributed by atoms with van der Waals surface area (Å²) in [6, 6.07) is 12.0. The average molecular weight is 284 g/mol. The lowest BCUT2D eigenvalue weighted by atomic mass is 10.2. The molecule has 2 rings (SSSR count). The lowest BCUT2D eigenvalue weighted by molar-refractivity contribution is 0.262. The first-order chi connectivity index (χ1) is 10.2. The van der Waals surface area contributed by atoms with Crippen molar-refractivity contribution in [3.05, 3.63) is 59.9 Å². The van der Waals surface area contributed by atoms with Gasteiger partial charge in [0, 0.05) is 16.9 Å². The van der Waals surface area contributed by atoms with E-state index in [-0.39, 0.29) is 6.61 Å². The summed E-state index contributed by atoms with van der Waals surface area (Å²) >= 11 is 0. The summed E-state index contributed by atoms with van der Waals surface area (Å²) in [5.74, 6) is 4.85. The largest absolute Gasteiger partial charge is 0.384 e. The third kappa shape index (κ3) is 4.64. The van der Waals surface area contributed by atoms with Crippen molar-refractivity contribution < 1.29 is 14.3 Å². The molecule has 0 spiro atoms. The lowest BCUT2D eigenvalue weighted by Crippen LogP contribution is -2.19. The lowest BCUT2D eigenvalue weighted by Gasteiger charge is -2.08. The Kier molecular flexibility index (Phi) is 4.91. The number of halogens is 1. The molecule has 0 unspecified atom stereocenters. The van der Waals surface area contributed by atoms with Crippen LogP contribution >= 0.6 is 0 Å². The highest BCUT2D eigenvalue weighted by molar-refractivity contribution is 5.99. The fourth-order valence-electron chi connectivity index (χ4n) is 1.68. The predicted molar refractivity (Wildman–Crippen MR) is 79.4 cm³/mol. The van der Waals surface area contributed by atoms with Crippen molar-refractivity contribution in [2.75, 3.05) is 17.2 Å². The van der Waals surface area contributed by atoms with Crippen molar-refractivity contribution >= 4 is 17.4 Å². The highest BCUT2D eigenvalue weighted by Gasteiger charge is 2.03. The summed E-state index contributed by atoms with van der Waals surface area (Å²) in [5.41, 5.74) is 1.59. The number of benzene rings is 2. The summed E-state index contributed by atoms with van der Waals surface area (Å²) in [6.07, 6.45) is 0. The van der Waals surface area contributed by atoms with E-state index < -0.39 is 11.8 Å². The molecule has 4 nitrogen and oxygen atoms in total. The van der Waals surface area contributed by atoms with Crippen LogP contribution < -0.4 is 10.6 Å². The second-order valence-corrected chi connectivity index (χ2v) is 4.13. The zero-order chi connectivity index (χ0) is 15.1. The molecular weight excluding hydrogens is 271 g/mol. The van der Waals surface area contributed by atoms with Crippen LogP contribution in [-0.2, 0) is 0 Å². The molecule has 2 amide bonds. The van der Waals surface area contributed by atoms with Gasteiger partial charge in [0.05, 0.1) is 0 Å². The number of hydrogen-bond acceptors (Lipinski definition) is 2. The molecule has 0 aliphatic heterocycles. The number of rotatable bonds is 2. The van der Waals surface area contributed by atoms with E-state index >= 15 is 0 Å². The number of aliphatic hydroxyl groups is 1. The maximum Gasteiger partial charge on any atom is 0.323 e. The molecule has 0 aliphatic rings. The fraction of sp³-hybridized carbons (Fsp3) is 0.0625. The summed E-state index contributed by atoms with van der Waals surface area (Å²) in [6.45, 7) is -0.224. The van der Waals surface area contributed by atoms with Gasteiger partial charge in [0.25, 0.3) is 0 Å². The van der Waals surface area contributed by atoms with Crippen LogP contribution in [0, 0.1) is 17.7 Å². The Morgan fingerprint density at radius 2 is 1.76 bits per heavy atom. The monoisotopic (exact) mass is 284 g/mol. The van der Waals surface area contributed by atoms with Gasteiger partial charge in [0.15, 0.2) is 0 Å². The number of hydrogen-bond donors (Lipinski definition) is 3. The standard InChI is InChI=1S/C16H13FN2O2/c17-13-6-2-8-15(11-13)19-16(21)18-14-7-1-4-12(10-14)5-3-9-20/h1-2,4,6-8,10-11,20H,9H2,(H2,18,19,21). The van der Waals surface area contributed by atoms with E-state index in [1.54, 1.807) is 30.3 Å². The molecule has 0 radical (unpaired) electrons. The number of amides is 2. The fourth-order valence-corrected chi connectivity index (χ4v) is 1.68. The predicted octanol–water partition coefficient (Wildman–Crippen LogP) is 2.81. The van der Waals surface area contributed by atoms with Gasteiger partial charge in [-0.05, 0) is 36.4 Å². The van der Waals surface area contributed by atoms with Crippen LogP contribution in [0.5, 0.6) is 0 Å². The summed E-state index contributed by atoms with van der Waals surface area (Å²) in [5, 5.41) is 13.8. The zero-order valence-electron chi connectivity index (χ0n) is 11.1. The quantitative estimate of drug-likeness (QED) is 0.743. The van der Waals surface area contributed by atoms with Crippen molar-refractivity contribution in [3.63, 3.8) is 0 Å². The molecule has 0 bridgehead atoms. The Labute approximate surface area is 121 Å². The van der Waals surface area contributed by atoms with Gasteiger partial charge in [-0.2, -0.15) is 0 Å². The zero-order valence-corrected chi connectivity index (χ0v) is 11.1. The third-order valence-corrected chi connectivity index (χ3v) is 2.51. The van der Waals surface area contributed by atoms with E-state index in [9.17, 15) is 9.18 Å². The number of aliphatic hydroxyl groups excluding tert-OH is 1. The summed E-state index contributed by atoms with van der Waals surface area (Å²) in [4.78, 5) is 11.8. The topological polar surface area (TPSA) is 61.4 Å². The Morgan fingerprint density at radius 3 is 2.43 bits per heavy atom. The van der Waals surface area contributed by atoms with Crippen LogP contribution in [0.15, 0.2) is 48.5 Å². The maximum absolute atomic E-state index is 13.0. The van der Waals surface area contributed by atoms with Crippen LogP contribution in [0.25, 0.3) is 0 Å². The Morgan fingerprint density at radius 1 is 1.10 bits per heavy atom. The van der Waals surface area contributed by atoms with Gasteiger partial charge in [-0.25, -0.2) is 9.18 Å². The van der Waals surface area contributed by atoms with Crippen molar-refractivity contribution in [1.29, 1.82) is 0 Å².